The summed E-state index contributed by atoms with van der Waals surface area (Å²) in [7, 11) is 0. The molecule has 8 heteroatoms. The molecule has 26 heavy (non-hydrogen) atoms. The highest BCUT2D eigenvalue weighted by molar-refractivity contribution is 14.1. The molecular formula is C18H18FIN2O4. The van der Waals surface area contributed by atoms with Crippen molar-refractivity contribution in [2.75, 3.05) is 6.61 Å². The minimum absolute atomic E-state index is 0.257. The van der Waals surface area contributed by atoms with Crippen molar-refractivity contribution < 1.29 is 23.5 Å². The second kappa shape index (κ2) is 9.37. The summed E-state index contributed by atoms with van der Waals surface area (Å²) in [5.41, 5.74) is 4.83. The van der Waals surface area contributed by atoms with E-state index in [-0.39, 0.29) is 5.56 Å². The second-order valence-electron chi connectivity index (χ2n) is 5.23. The van der Waals surface area contributed by atoms with Crippen molar-refractivity contribution in [1.29, 1.82) is 0 Å². The normalized spacial score (nSPS) is 11.4. The van der Waals surface area contributed by atoms with Gasteiger partial charge in [-0.2, -0.15) is 0 Å². The quantitative estimate of drug-likeness (QED) is 0.501. The zero-order valence-electron chi connectivity index (χ0n) is 14.2. The highest BCUT2D eigenvalue weighted by Crippen LogP contribution is 2.18. The topological polar surface area (TPSA) is 76.7 Å². The van der Waals surface area contributed by atoms with E-state index in [2.05, 4.69) is 10.9 Å². The molecule has 2 amide bonds. The number of hydrogen-bond donors (Lipinski definition) is 2. The van der Waals surface area contributed by atoms with Crippen molar-refractivity contribution in [2.24, 2.45) is 0 Å². The molecule has 0 spiro atoms. The van der Waals surface area contributed by atoms with Crippen molar-refractivity contribution in [3.8, 4) is 11.5 Å². The van der Waals surface area contributed by atoms with Crippen LogP contribution in [0.25, 0.3) is 0 Å². The number of amides is 2. The number of hydrogen-bond acceptors (Lipinski definition) is 4. The lowest BCUT2D eigenvalue weighted by Gasteiger charge is -2.15. The van der Waals surface area contributed by atoms with Crippen molar-refractivity contribution in [1.82, 2.24) is 10.9 Å². The molecule has 0 fully saturated rings. The van der Waals surface area contributed by atoms with Crippen LogP contribution in [-0.2, 0) is 4.79 Å². The molecule has 0 aromatic heterocycles. The van der Waals surface area contributed by atoms with Crippen molar-refractivity contribution in [2.45, 2.75) is 20.0 Å². The van der Waals surface area contributed by atoms with E-state index in [0.717, 1.165) is 0 Å². The molecule has 2 aromatic rings. The smallest absolute Gasteiger partial charge is 0.279 e. The lowest BCUT2D eigenvalue weighted by Crippen LogP contribution is -2.47. The number of hydrazine groups is 1. The van der Waals surface area contributed by atoms with Gasteiger partial charge >= 0.3 is 0 Å². The van der Waals surface area contributed by atoms with E-state index >= 15 is 0 Å². The Morgan fingerprint density at radius 2 is 1.77 bits per heavy atom. The number of halogens is 2. The largest absolute Gasteiger partial charge is 0.494 e. The fourth-order valence-corrected chi connectivity index (χ4v) is 2.72. The molecule has 2 rings (SSSR count). The summed E-state index contributed by atoms with van der Waals surface area (Å²) in [6.07, 6.45) is -0.833. The highest BCUT2D eigenvalue weighted by atomic mass is 127. The fraction of sp³-hybridized carbons (Fsp3) is 0.222. The fourth-order valence-electron chi connectivity index (χ4n) is 2.00. The van der Waals surface area contributed by atoms with Crippen molar-refractivity contribution in [3.05, 3.63) is 57.4 Å². The molecule has 0 bridgehead atoms. The summed E-state index contributed by atoms with van der Waals surface area (Å²) >= 11 is 1.85. The van der Waals surface area contributed by atoms with Crippen molar-refractivity contribution in [3.63, 3.8) is 0 Å². The Kier molecular flexibility index (Phi) is 7.19. The third-order valence-corrected chi connectivity index (χ3v) is 4.18. The van der Waals surface area contributed by atoms with Crippen molar-refractivity contribution >= 4 is 34.4 Å². The molecule has 6 nitrogen and oxygen atoms in total. The first-order valence-corrected chi connectivity index (χ1v) is 8.93. The number of benzene rings is 2. The standard InChI is InChI=1S/C18H18FIN2O4/c1-3-25-13-5-7-14(8-6-13)26-11(2)17(23)21-22-18(24)15-9-4-12(19)10-16(15)20/h4-11H,3H2,1-2H3,(H,21,23)(H,22,24). The van der Waals surface area contributed by atoms with Gasteiger partial charge in [0.05, 0.1) is 12.2 Å². The average molecular weight is 472 g/mol. The summed E-state index contributed by atoms with van der Waals surface area (Å²) in [6.45, 7) is 4.00. The average Bonchev–Trinajstić information content (AvgIpc) is 2.61. The molecule has 2 aromatic carbocycles. The van der Waals surface area contributed by atoms with Crippen LogP contribution in [0.15, 0.2) is 42.5 Å². The van der Waals surface area contributed by atoms with Gasteiger partial charge in [0.2, 0.25) is 0 Å². The number of carbonyl (C=O) groups is 2. The van der Waals surface area contributed by atoms with Gasteiger partial charge < -0.3 is 9.47 Å². The minimum atomic E-state index is -0.833. The minimum Gasteiger partial charge on any atom is -0.494 e. The summed E-state index contributed by atoms with van der Waals surface area (Å²) in [6, 6.07) is 10.6. The number of carbonyl (C=O) groups excluding carboxylic acids is 2. The summed E-state index contributed by atoms with van der Waals surface area (Å²) in [4.78, 5) is 24.1. The van der Waals surface area contributed by atoms with Crippen LogP contribution >= 0.6 is 22.6 Å². The van der Waals surface area contributed by atoms with Gasteiger partial charge in [-0.15, -0.1) is 0 Å². The van der Waals surface area contributed by atoms with Crippen LogP contribution in [0.5, 0.6) is 11.5 Å². The van der Waals surface area contributed by atoms with Crippen LogP contribution in [0.2, 0.25) is 0 Å². The van der Waals surface area contributed by atoms with Crippen LogP contribution in [0.4, 0.5) is 4.39 Å². The molecule has 0 aliphatic heterocycles. The van der Waals surface area contributed by atoms with Crippen LogP contribution in [0.3, 0.4) is 0 Å². The van der Waals surface area contributed by atoms with Gasteiger partial charge in [-0.05, 0) is 78.9 Å². The maximum Gasteiger partial charge on any atom is 0.279 e. The first kappa shape index (κ1) is 20.0. The molecular weight excluding hydrogens is 454 g/mol. The predicted octanol–water partition coefficient (Wildman–Crippen LogP) is 3.06. The molecule has 0 aliphatic carbocycles. The third kappa shape index (κ3) is 5.58. The Bertz CT molecular complexity index is 783. The Labute approximate surface area is 164 Å². The molecule has 138 valence electrons. The number of rotatable bonds is 6. The number of ether oxygens (including phenoxy) is 2. The van der Waals surface area contributed by atoms with Gasteiger partial charge in [0.1, 0.15) is 17.3 Å². The lowest BCUT2D eigenvalue weighted by atomic mass is 10.2. The van der Waals surface area contributed by atoms with Crippen LogP contribution in [0.1, 0.15) is 24.2 Å². The lowest BCUT2D eigenvalue weighted by molar-refractivity contribution is -0.128. The summed E-state index contributed by atoms with van der Waals surface area (Å²) in [5.74, 6) is -0.304. The molecule has 1 atom stereocenters. The van der Waals surface area contributed by atoms with E-state index in [1.54, 1.807) is 31.2 Å². The maximum absolute atomic E-state index is 13.1. The van der Waals surface area contributed by atoms with E-state index < -0.39 is 23.7 Å². The zero-order valence-corrected chi connectivity index (χ0v) is 16.4. The monoisotopic (exact) mass is 472 g/mol. The number of nitrogens with one attached hydrogen (secondary N) is 2. The van der Waals surface area contributed by atoms with E-state index in [4.69, 9.17) is 9.47 Å². The van der Waals surface area contributed by atoms with Gasteiger partial charge in [0, 0.05) is 3.57 Å². The third-order valence-electron chi connectivity index (χ3n) is 3.29. The summed E-state index contributed by atoms with van der Waals surface area (Å²) in [5, 5.41) is 0. The van der Waals surface area contributed by atoms with Gasteiger partial charge in [0.25, 0.3) is 11.8 Å². The highest BCUT2D eigenvalue weighted by Gasteiger charge is 2.17. The van der Waals surface area contributed by atoms with Gasteiger partial charge in [-0.3, -0.25) is 20.4 Å². The maximum atomic E-state index is 13.1. The van der Waals surface area contributed by atoms with Gasteiger partial charge in [-0.1, -0.05) is 0 Å². The van der Waals surface area contributed by atoms with Gasteiger partial charge in [0.15, 0.2) is 6.10 Å². The molecule has 0 saturated carbocycles. The Morgan fingerprint density at radius 3 is 2.38 bits per heavy atom. The van der Waals surface area contributed by atoms with E-state index in [9.17, 15) is 14.0 Å². The molecule has 1 unspecified atom stereocenters. The van der Waals surface area contributed by atoms with Crippen LogP contribution in [0, 0.1) is 9.39 Å². The molecule has 0 heterocycles. The van der Waals surface area contributed by atoms with E-state index in [0.29, 0.717) is 21.7 Å². The van der Waals surface area contributed by atoms with E-state index in [1.165, 1.54) is 18.2 Å². The van der Waals surface area contributed by atoms with Gasteiger partial charge in [-0.25, -0.2) is 4.39 Å². The van der Waals surface area contributed by atoms with Crippen LogP contribution < -0.4 is 20.3 Å². The first-order chi connectivity index (χ1) is 12.4. The predicted molar refractivity (Wildman–Crippen MR) is 102 cm³/mol. The van der Waals surface area contributed by atoms with E-state index in [1.807, 2.05) is 29.5 Å². The van der Waals surface area contributed by atoms with Crippen LogP contribution in [-0.4, -0.2) is 24.5 Å². The molecule has 0 aliphatic rings. The Hall–Kier alpha value is -2.36. The molecule has 0 saturated heterocycles. The first-order valence-electron chi connectivity index (χ1n) is 7.85. The molecule has 2 N–H and O–H groups in total. The SMILES string of the molecule is CCOc1ccc(OC(C)C(=O)NNC(=O)c2ccc(F)cc2I)cc1. The Balaban J connectivity index is 1.87. The zero-order chi connectivity index (χ0) is 19.1. The summed E-state index contributed by atoms with van der Waals surface area (Å²) < 4.78 is 24.4. The Morgan fingerprint density at radius 1 is 1.12 bits per heavy atom. The molecule has 0 radical (unpaired) electrons. The second-order valence-corrected chi connectivity index (χ2v) is 6.39.